The van der Waals surface area contributed by atoms with Gasteiger partial charge >= 0.3 is 0 Å². The highest BCUT2D eigenvalue weighted by Crippen LogP contribution is 2.38. The number of rotatable bonds is 4. The fourth-order valence-electron chi connectivity index (χ4n) is 4.18. The molecule has 3 heteroatoms. The van der Waals surface area contributed by atoms with Gasteiger partial charge in [0.1, 0.15) is 5.82 Å². The maximum atomic E-state index is 13.8. The van der Waals surface area contributed by atoms with Crippen LogP contribution in [0.5, 0.6) is 0 Å². The number of nitrogens with zero attached hydrogens (tertiary/aromatic N) is 1. The van der Waals surface area contributed by atoms with E-state index < -0.39 is 0 Å². The highest BCUT2D eigenvalue weighted by atomic mass is 19.1. The zero-order valence-corrected chi connectivity index (χ0v) is 13.2. The molecule has 2 aliphatic rings. The van der Waals surface area contributed by atoms with E-state index in [0.29, 0.717) is 18.1 Å². The van der Waals surface area contributed by atoms with Crippen LogP contribution in [0.25, 0.3) is 0 Å². The molecule has 1 aromatic rings. The second kappa shape index (κ2) is 6.35. The summed E-state index contributed by atoms with van der Waals surface area (Å²) < 4.78 is 13.8. The van der Waals surface area contributed by atoms with Crippen molar-refractivity contribution in [2.75, 3.05) is 11.4 Å². The second-order valence-electron chi connectivity index (χ2n) is 6.76. The second-order valence-corrected chi connectivity index (χ2v) is 6.76. The van der Waals surface area contributed by atoms with Gasteiger partial charge in [-0.25, -0.2) is 4.39 Å². The van der Waals surface area contributed by atoms with Gasteiger partial charge in [0.25, 0.3) is 0 Å². The molecule has 0 aromatic heterocycles. The highest BCUT2D eigenvalue weighted by molar-refractivity contribution is 5.52. The fourth-order valence-corrected chi connectivity index (χ4v) is 4.18. The molecule has 21 heavy (non-hydrogen) atoms. The molecule has 2 bridgehead atoms. The van der Waals surface area contributed by atoms with E-state index in [4.69, 9.17) is 0 Å². The van der Waals surface area contributed by atoms with Gasteiger partial charge in [-0.05, 0) is 75.8 Å². The largest absolute Gasteiger partial charge is 0.365 e. The van der Waals surface area contributed by atoms with Crippen molar-refractivity contribution in [1.82, 2.24) is 5.32 Å². The molecule has 0 saturated carbocycles. The van der Waals surface area contributed by atoms with Crippen molar-refractivity contribution in [2.45, 2.75) is 70.5 Å². The molecule has 3 rings (SSSR count). The third kappa shape index (κ3) is 3.23. The van der Waals surface area contributed by atoms with Crippen molar-refractivity contribution >= 4 is 5.69 Å². The van der Waals surface area contributed by atoms with Gasteiger partial charge in [0.2, 0.25) is 0 Å². The first-order valence-corrected chi connectivity index (χ1v) is 8.46. The van der Waals surface area contributed by atoms with E-state index in [1.807, 2.05) is 6.92 Å². The minimum absolute atomic E-state index is 0.102. The first-order valence-electron chi connectivity index (χ1n) is 8.46. The van der Waals surface area contributed by atoms with Gasteiger partial charge in [0.15, 0.2) is 0 Å². The van der Waals surface area contributed by atoms with Gasteiger partial charge in [0, 0.05) is 23.8 Å². The average molecular weight is 290 g/mol. The minimum atomic E-state index is -0.102. The zero-order chi connectivity index (χ0) is 14.8. The summed E-state index contributed by atoms with van der Waals surface area (Å²) in [5.41, 5.74) is 2.12. The molecule has 2 saturated heterocycles. The molecular formula is C18H27FN2. The topological polar surface area (TPSA) is 15.3 Å². The Bertz CT molecular complexity index is 454. The zero-order valence-electron chi connectivity index (χ0n) is 13.2. The van der Waals surface area contributed by atoms with Crippen LogP contribution in [0, 0.1) is 12.7 Å². The van der Waals surface area contributed by atoms with Crippen LogP contribution in [-0.2, 0) is 0 Å². The lowest BCUT2D eigenvalue weighted by molar-refractivity contribution is 0.246. The molecule has 2 heterocycles. The number of benzene rings is 1. The van der Waals surface area contributed by atoms with Crippen LogP contribution < -0.4 is 10.2 Å². The normalized spacial score (nSPS) is 28.7. The van der Waals surface area contributed by atoms with Crippen LogP contribution >= 0.6 is 0 Å². The molecule has 0 spiro atoms. The Morgan fingerprint density at radius 1 is 1.19 bits per heavy atom. The number of halogens is 1. The molecule has 2 unspecified atom stereocenters. The van der Waals surface area contributed by atoms with E-state index in [2.05, 4.69) is 23.2 Å². The lowest BCUT2D eigenvalue weighted by atomic mass is 9.81. The highest BCUT2D eigenvalue weighted by Gasteiger charge is 2.38. The van der Waals surface area contributed by atoms with Crippen molar-refractivity contribution in [2.24, 2.45) is 0 Å². The Morgan fingerprint density at radius 2 is 1.90 bits per heavy atom. The third-order valence-electron chi connectivity index (χ3n) is 4.98. The van der Waals surface area contributed by atoms with E-state index in [-0.39, 0.29) is 5.82 Å². The Balaban J connectivity index is 1.80. The van der Waals surface area contributed by atoms with Crippen molar-refractivity contribution < 1.29 is 4.39 Å². The number of hydrogen-bond acceptors (Lipinski definition) is 2. The molecule has 1 aromatic carbocycles. The van der Waals surface area contributed by atoms with Crippen LogP contribution in [0.15, 0.2) is 18.2 Å². The number of anilines is 1. The quantitative estimate of drug-likeness (QED) is 0.901. The first-order chi connectivity index (χ1) is 10.2. The molecule has 2 nitrogen and oxygen atoms in total. The van der Waals surface area contributed by atoms with Crippen LogP contribution in [0.3, 0.4) is 0 Å². The number of aryl methyl sites for hydroxylation is 1. The van der Waals surface area contributed by atoms with E-state index >= 15 is 0 Å². The lowest BCUT2D eigenvalue weighted by Gasteiger charge is -2.50. The summed E-state index contributed by atoms with van der Waals surface area (Å²) in [4.78, 5) is 2.52. The van der Waals surface area contributed by atoms with Crippen molar-refractivity contribution in [3.63, 3.8) is 0 Å². The fraction of sp³-hybridized carbons (Fsp3) is 0.667. The lowest BCUT2D eigenvalue weighted by Crippen LogP contribution is -2.56. The van der Waals surface area contributed by atoms with Gasteiger partial charge in [0.05, 0.1) is 0 Å². The summed E-state index contributed by atoms with van der Waals surface area (Å²) in [6.07, 6.45) is 7.41. The van der Waals surface area contributed by atoms with E-state index in [0.717, 1.165) is 17.8 Å². The summed E-state index contributed by atoms with van der Waals surface area (Å²) in [6, 6.07) is 7.29. The molecular weight excluding hydrogens is 263 g/mol. The predicted molar refractivity (Wildman–Crippen MR) is 86.4 cm³/mol. The SMILES string of the molecule is CCCNC1CC2CCCC(C1)N2c1cc(C)cc(F)c1. The van der Waals surface area contributed by atoms with Gasteiger partial charge in [-0.15, -0.1) is 0 Å². The van der Waals surface area contributed by atoms with Crippen LogP contribution in [0.2, 0.25) is 0 Å². The van der Waals surface area contributed by atoms with Crippen LogP contribution in [0.1, 0.15) is 51.0 Å². The number of piperidine rings is 2. The maximum absolute atomic E-state index is 13.8. The Kier molecular flexibility index (Phi) is 4.48. The molecule has 0 amide bonds. The summed E-state index contributed by atoms with van der Waals surface area (Å²) in [5.74, 6) is -0.102. The Hall–Kier alpha value is -1.09. The van der Waals surface area contributed by atoms with Crippen molar-refractivity contribution in [1.29, 1.82) is 0 Å². The van der Waals surface area contributed by atoms with Gasteiger partial charge in [-0.3, -0.25) is 0 Å². The Labute approximate surface area is 127 Å². The standard InChI is InChI=1S/C18H27FN2/c1-3-7-20-15-11-16-5-4-6-17(12-15)21(16)18-9-13(2)8-14(19)10-18/h8-10,15-17,20H,3-7,11-12H2,1-2H3. The Morgan fingerprint density at radius 3 is 2.52 bits per heavy atom. The predicted octanol–water partition coefficient (Wildman–Crippen LogP) is 4.02. The maximum Gasteiger partial charge on any atom is 0.125 e. The first kappa shape index (κ1) is 14.8. The van der Waals surface area contributed by atoms with E-state index in [9.17, 15) is 4.39 Å². The number of fused-ring (bicyclic) bond motifs is 2. The third-order valence-corrected chi connectivity index (χ3v) is 4.98. The van der Waals surface area contributed by atoms with Crippen molar-refractivity contribution in [3.05, 3.63) is 29.6 Å². The summed E-state index contributed by atoms with van der Waals surface area (Å²) in [7, 11) is 0. The molecule has 2 fully saturated rings. The monoisotopic (exact) mass is 290 g/mol. The van der Waals surface area contributed by atoms with E-state index in [1.165, 1.54) is 38.5 Å². The summed E-state index contributed by atoms with van der Waals surface area (Å²) >= 11 is 0. The number of nitrogens with one attached hydrogen (secondary N) is 1. The molecule has 2 atom stereocenters. The van der Waals surface area contributed by atoms with Crippen LogP contribution in [0.4, 0.5) is 10.1 Å². The molecule has 0 radical (unpaired) electrons. The van der Waals surface area contributed by atoms with Crippen LogP contribution in [-0.4, -0.2) is 24.7 Å². The average Bonchev–Trinajstić information content (AvgIpc) is 2.43. The number of hydrogen-bond donors (Lipinski definition) is 1. The molecule has 116 valence electrons. The smallest absolute Gasteiger partial charge is 0.125 e. The van der Waals surface area contributed by atoms with Gasteiger partial charge in [-0.2, -0.15) is 0 Å². The molecule has 0 aliphatic carbocycles. The van der Waals surface area contributed by atoms with Crippen molar-refractivity contribution in [3.8, 4) is 0 Å². The van der Waals surface area contributed by atoms with Gasteiger partial charge in [-0.1, -0.05) is 6.92 Å². The summed E-state index contributed by atoms with van der Waals surface area (Å²) in [6.45, 7) is 5.32. The molecule has 2 aliphatic heterocycles. The molecule has 1 N–H and O–H groups in total. The minimum Gasteiger partial charge on any atom is -0.365 e. The summed E-state index contributed by atoms with van der Waals surface area (Å²) in [5, 5.41) is 3.69. The van der Waals surface area contributed by atoms with Gasteiger partial charge < -0.3 is 10.2 Å². The van der Waals surface area contributed by atoms with E-state index in [1.54, 1.807) is 12.1 Å².